The zero-order chi connectivity index (χ0) is 22.4. The SMILES string of the molecule is Cc1ccc(C(=O)NN=Cc2cc([N+](=O)[O-])cc(Br)c2OC(=O)c2ccccc2)cn1. The van der Waals surface area contributed by atoms with Crippen molar-refractivity contribution in [2.75, 3.05) is 0 Å². The Balaban J connectivity index is 1.87. The van der Waals surface area contributed by atoms with Crippen molar-refractivity contribution in [2.45, 2.75) is 6.92 Å². The monoisotopic (exact) mass is 482 g/mol. The highest BCUT2D eigenvalue weighted by molar-refractivity contribution is 9.10. The molecule has 3 aromatic rings. The van der Waals surface area contributed by atoms with Gasteiger partial charge in [0.05, 0.1) is 26.7 Å². The molecule has 0 saturated carbocycles. The van der Waals surface area contributed by atoms with E-state index in [4.69, 9.17) is 4.74 Å². The number of amides is 1. The minimum Gasteiger partial charge on any atom is -0.421 e. The molecule has 31 heavy (non-hydrogen) atoms. The Bertz CT molecular complexity index is 1160. The Labute approximate surface area is 185 Å². The molecule has 0 aliphatic carbocycles. The molecule has 1 N–H and O–H groups in total. The topological polar surface area (TPSA) is 124 Å². The molecule has 1 amide bonds. The van der Waals surface area contributed by atoms with Gasteiger partial charge in [-0.3, -0.25) is 19.9 Å². The molecule has 0 fully saturated rings. The maximum absolute atomic E-state index is 12.4. The van der Waals surface area contributed by atoms with Gasteiger partial charge in [0.2, 0.25) is 0 Å². The Morgan fingerprint density at radius 1 is 1.16 bits per heavy atom. The number of carbonyl (C=O) groups excluding carboxylic acids is 2. The van der Waals surface area contributed by atoms with E-state index in [0.29, 0.717) is 11.1 Å². The van der Waals surface area contributed by atoms with Crippen LogP contribution >= 0.6 is 15.9 Å². The molecule has 0 spiro atoms. The van der Waals surface area contributed by atoms with E-state index in [2.05, 4.69) is 31.4 Å². The van der Waals surface area contributed by atoms with Gasteiger partial charge in [-0.05, 0) is 47.1 Å². The van der Waals surface area contributed by atoms with Crippen LogP contribution in [-0.4, -0.2) is 28.0 Å². The predicted octanol–water partition coefficient (Wildman–Crippen LogP) is 4.04. The second-order valence-corrected chi connectivity index (χ2v) is 7.10. The summed E-state index contributed by atoms with van der Waals surface area (Å²) in [6.07, 6.45) is 2.56. The van der Waals surface area contributed by atoms with Gasteiger partial charge in [0.25, 0.3) is 11.6 Å². The summed E-state index contributed by atoms with van der Waals surface area (Å²) in [4.78, 5) is 39.3. The van der Waals surface area contributed by atoms with Gasteiger partial charge in [-0.1, -0.05) is 18.2 Å². The van der Waals surface area contributed by atoms with Crippen molar-refractivity contribution in [3.05, 3.63) is 97.8 Å². The number of nitro groups is 1. The van der Waals surface area contributed by atoms with Crippen molar-refractivity contribution in [2.24, 2.45) is 5.10 Å². The van der Waals surface area contributed by atoms with Gasteiger partial charge < -0.3 is 4.74 Å². The third kappa shape index (κ3) is 5.58. The first-order chi connectivity index (χ1) is 14.8. The molecule has 1 aromatic heterocycles. The van der Waals surface area contributed by atoms with E-state index < -0.39 is 16.8 Å². The fraction of sp³-hybridized carbons (Fsp3) is 0.0476. The zero-order valence-corrected chi connectivity index (χ0v) is 17.7. The summed E-state index contributed by atoms with van der Waals surface area (Å²) in [5.41, 5.74) is 3.53. The molecule has 0 saturated heterocycles. The zero-order valence-electron chi connectivity index (χ0n) is 16.1. The van der Waals surface area contributed by atoms with E-state index in [1.165, 1.54) is 18.3 Å². The average molecular weight is 483 g/mol. The third-order valence-electron chi connectivity index (χ3n) is 4.02. The van der Waals surface area contributed by atoms with Crippen LogP contribution in [0, 0.1) is 17.0 Å². The summed E-state index contributed by atoms with van der Waals surface area (Å²) < 4.78 is 5.61. The number of hydrogen-bond acceptors (Lipinski definition) is 7. The minimum absolute atomic E-state index is 0.0226. The number of hydrazone groups is 1. The van der Waals surface area contributed by atoms with Crippen LogP contribution in [0.5, 0.6) is 5.75 Å². The van der Waals surface area contributed by atoms with Crippen LogP contribution in [0.3, 0.4) is 0 Å². The van der Waals surface area contributed by atoms with Crippen LogP contribution < -0.4 is 10.2 Å². The van der Waals surface area contributed by atoms with Crippen LogP contribution in [0.4, 0.5) is 5.69 Å². The number of aryl methyl sites for hydroxylation is 1. The van der Waals surface area contributed by atoms with Crippen molar-refractivity contribution in [3.63, 3.8) is 0 Å². The largest absolute Gasteiger partial charge is 0.421 e. The van der Waals surface area contributed by atoms with Crippen LogP contribution in [0.25, 0.3) is 0 Å². The number of aromatic nitrogens is 1. The van der Waals surface area contributed by atoms with Crippen LogP contribution in [0.1, 0.15) is 32.0 Å². The molecule has 0 aliphatic heterocycles. The molecule has 1 heterocycles. The van der Waals surface area contributed by atoms with Crippen molar-refractivity contribution < 1.29 is 19.2 Å². The Morgan fingerprint density at radius 3 is 2.55 bits per heavy atom. The molecule has 0 radical (unpaired) electrons. The molecular formula is C21H15BrN4O5. The van der Waals surface area contributed by atoms with Gasteiger partial charge in [-0.2, -0.15) is 5.10 Å². The normalized spacial score (nSPS) is 10.6. The van der Waals surface area contributed by atoms with Crippen LogP contribution in [0.2, 0.25) is 0 Å². The molecule has 9 nitrogen and oxygen atoms in total. The van der Waals surface area contributed by atoms with E-state index in [9.17, 15) is 19.7 Å². The lowest BCUT2D eigenvalue weighted by molar-refractivity contribution is -0.385. The summed E-state index contributed by atoms with van der Waals surface area (Å²) in [6.45, 7) is 1.79. The second-order valence-electron chi connectivity index (χ2n) is 6.25. The Kier molecular flexibility index (Phi) is 6.83. The number of nitrogens with one attached hydrogen (secondary N) is 1. The molecule has 0 unspecified atom stereocenters. The number of esters is 1. The fourth-order valence-corrected chi connectivity index (χ4v) is 3.01. The fourth-order valence-electron chi connectivity index (χ4n) is 2.46. The summed E-state index contributed by atoms with van der Waals surface area (Å²) in [5, 5.41) is 15.0. The van der Waals surface area contributed by atoms with Gasteiger partial charge in [-0.15, -0.1) is 0 Å². The van der Waals surface area contributed by atoms with Gasteiger partial charge in [0, 0.05) is 29.6 Å². The number of non-ortho nitro benzene ring substituents is 1. The summed E-state index contributed by atoms with van der Waals surface area (Å²) in [5.74, 6) is -1.15. The summed E-state index contributed by atoms with van der Waals surface area (Å²) >= 11 is 3.19. The third-order valence-corrected chi connectivity index (χ3v) is 4.60. The minimum atomic E-state index is -0.653. The van der Waals surface area contributed by atoms with Crippen LogP contribution in [-0.2, 0) is 0 Å². The summed E-state index contributed by atoms with van der Waals surface area (Å²) in [6, 6.07) is 13.9. The molecule has 0 atom stereocenters. The lowest BCUT2D eigenvalue weighted by atomic mass is 10.2. The van der Waals surface area contributed by atoms with Crippen molar-refractivity contribution >= 4 is 39.7 Å². The lowest BCUT2D eigenvalue weighted by Gasteiger charge is -2.10. The van der Waals surface area contributed by atoms with Gasteiger partial charge >= 0.3 is 5.97 Å². The van der Waals surface area contributed by atoms with E-state index in [1.807, 2.05) is 0 Å². The average Bonchev–Trinajstić information content (AvgIpc) is 2.76. The molecule has 2 aromatic carbocycles. The molecular weight excluding hydrogens is 468 g/mol. The second kappa shape index (κ2) is 9.72. The van der Waals surface area contributed by atoms with Gasteiger partial charge in [-0.25, -0.2) is 10.2 Å². The Morgan fingerprint density at radius 2 is 1.90 bits per heavy atom. The number of nitrogens with zero attached hydrogens (tertiary/aromatic N) is 3. The smallest absolute Gasteiger partial charge is 0.343 e. The molecule has 156 valence electrons. The summed E-state index contributed by atoms with van der Waals surface area (Å²) in [7, 11) is 0. The molecule has 10 heteroatoms. The number of pyridine rings is 1. The van der Waals surface area contributed by atoms with Crippen molar-refractivity contribution in [3.8, 4) is 5.75 Å². The number of carbonyl (C=O) groups is 2. The quantitative estimate of drug-likeness (QED) is 0.186. The molecule has 3 rings (SSSR count). The number of ether oxygens (including phenoxy) is 1. The van der Waals surface area contributed by atoms with Crippen molar-refractivity contribution in [1.29, 1.82) is 0 Å². The molecule has 0 aliphatic rings. The highest BCUT2D eigenvalue weighted by Gasteiger charge is 2.19. The maximum Gasteiger partial charge on any atom is 0.343 e. The maximum atomic E-state index is 12.4. The number of hydrogen-bond donors (Lipinski definition) is 1. The number of benzene rings is 2. The van der Waals surface area contributed by atoms with Gasteiger partial charge in [0.1, 0.15) is 0 Å². The Hall–Kier alpha value is -3.92. The van der Waals surface area contributed by atoms with Gasteiger partial charge in [0.15, 0.2) is 5.75 Å². The van der Waals surface area contributed by atoms with E-state index in [0.717, 1.165) is 11.9 Å². The van der Waals surface area contributed by atoms with E-state index in [-0.39, 0.29) is 21.5 Å². The number of halogens is 1. The first kappa shape index (κ1) is 21.8. The number of rotatable bonds is 6. The number of nitro benzene ring substituents is 1. The standard InChI is InChI=1S/C21H15BrN4O5/c1-13-7-8-15(11-23-13)20(27)25-24-12-16-9-17(26(29)30)10-18(22)19(16)31-21(28)14-5-3-2-4-6-14/h2-12H,1H3,(H,25,27). The first-order valence-electron chi connectivity index (χ1n) is 8.86. The van der Waals surface area contributed by atoms with Crippen molar-refractivity contribution in [1.82, 2.24) is 10.4 Å². The lowest BCUT2D eigenvalue weighted by Crippen LogP contribution is -2.18. The highest BCUT2D eigenvalue weighted by Crippen LogP contribution is 2.33. The van der Waals surface area contributed by atoms with E-state index in [1.54, 1.807) is 49.4 Å². The highest BCUT2D eigenvalue weighted by atomic mass is 79.9. The van der Waals surface area contributed by atoms with E-state index >= 15 is 0 Å². The van der Waals surface area contributed by atoms with Crippen LogP contribution in [0.15, 0.2) is 70.4 Å². The first-order valence-corrected chi connectivity index (χ1v) is 9.65. The predicted molar refractivity (Wildman–Crippen MR) is 116 cm³/mol. The molecule has 0 bridgehead atoms.